The molecule has 4 rings (SSSR count). The lowest BCUT2D eigenvalue weighted by molar-refractivity contribution is -0.134. The van der Waals surface area contributed by atoms with Crippen LogP contribution in [0.5, 0.6) is 0 Å². The number of carbonyl (C=O) groups is 1. The van der Waals surface area contributed by atoms with Crippen molar-refractivity contribution in [2.45, 2.75) is 77.8 Å². The minimum Gasteiger partial charge on any atom is -0.342 e. The number of rotatable bonds is 6. The van der Waals surface area contributed by atoms with Crippen LogP contribution in [-0.2, 0) is 17.9 Å². The molecule has 1 aliphatic carbocycles. The highest BCUT2D eigenvalue weighted by Crippen LogP contribution is 2.39. The lowest BCUT2D eigenvalue weighted by Crippen LogP contribution is -2.47. The normalized spacial score (nSPS) is 27.1. The van der Waals surface area contributed by atoms with Crippen LogP contribution in [0.4, 0.5) is 0 Å². The Morgan fingerprint density at radius 3 is 2.85 bits per heavy atom. The Morgan fingerprint density at radius 1 is 1.19 bits per heavy atom. The van der Waals surface area contributed by atoms with Crippen molar-refractivity contribution in [3.8, 4) is 0 Å². The van der Waals surface area contributed by atoms with Gasteiger partial charge in [0.25, 0.3) is 0 Å². The molecule has 0 unspecified atom stereocenters. The predicted molar refractivity (Wildman–Crippen MR) is 105 cm³/mol. The van der Waals surface area contributed by atoms with Crippen LogP contribution in [0.15, 0.2) is 6.33 Å². The van der Waals surface area contributed by atoms with Crippen molar-refractivity contribution in [3.63, 3.8) is 0 Å². The molecule has 2 aliphatic heterocycles. The zero-order valence-corrected chi connectivity index (χ0v) is 16.9. The van der Waals surface area contributed by atoms with Crippen LogP contribution in [0.3, 0.4) is 0 Å². The first-order valence-electron chi connectivity index (χ1n) is 11.0. The Kier molecular flexibility index (Phi) is 5.81. The lowest BCUT2D eigenvalue weighted by atomic mass is 9.79. The molecule has 1 saturated carbocycles. The van der Waals surface area contributed by atoms with E-state index in [-0.39, 0.29) is 0 Å². The summed E-state index contributed by atoms with van der Waals surface area (Å²) in [6.07, 6.45) is 12.6. The summed E-state index contributed by atoms with van der Waals surface area (Å²) in [5.41, 5.74) is 0.304. The molecule has 0 bridgehead atoms. The van der Waals surface area contributed by atoms with Crippen LogP contribution in [-0.4, -0.2) is 56.7 Å². The van der Waals surface area contributed by atoms with Crippen molar-refractivity contribution in [1.82, 2.24) is 24.6 Å². The van der Waals surface area contributed by atoms with Gasteiger partial charge in [0.05, 0.1) is 6.54 Å². The number of amides is 1. The van der Waals surface area contributed by atoms with Crippen LogP contribution >= 0.6 is 0 Å². The molecule has 150 valence electrons. The summed E-state index contributed by atoms with van der Waals surface area (Å²) < 4.78 is 1.99. The van der Waals surface area contributed by atoms with E-state index >= 15 is 0 Å². The number of carbonyl (C=O) groups excluding carboxylic acids is 1. The maximum absolute atomic E-state index is 12.8. The van der Waals surface area contributed by atoms with Gasteiger partial charge in [-0.05, 0) is 45.1 Å². The summed E-state index contributed by atoms with van der Waals surface area (Å²) in [7, 11) is 0. The smallest absolute Gasteiger partial charge is 0.222 e. The summed E-state index contributed by atoms with van der Waals surface area (Å²) in [6, 6.07) is 0. The Labute approximate surface area is 163 Å². The van der Waals surface area contributed by atoms with Gasteiger partial charge < -0.3 is 4.90 Å². The summed E-state index contributed by atoms with van der Waals surface area (Å²) in [4.78, 5) is 21.9. The van der Waals surface area contributed by atoms with Crippen molar-refractivity contribution in [2.75, 3.05) is 26.2 Å². The maximum atomic E-state index is 12.8. The molecule has 0 radical (unpaired) electrons. The summed E-state index contributed by atoms with van der Waals surface area (Å²) in [5.74, 6) is 2.28. The monoisotopic (exact) mass is 373 g/mol. The molecule has 1 aromatic rings. The number of piperidine rings is 1. The van der Waals surface area contributed by atoms with Gasteiger partial charge in [0.2, 0.25) is 5.91 Å². The number of aromatic nitrogens is 3. The number of likely N-dealkylation sites (tertiary alicyclic amines) is 2. The Morgan fingerprint density at radius 2 is 2.04 bits per heavy atom. The van der Waals surface area contributed by atoms with Crippen LogP contribution in [0.1, 0.15) is 70.5 Å². The highest BCUT2D eigenvalue weighted by molar-refractivity contribution is 5.76. The summed E-state index contributed by atoms with van der Waals surface area (Å²) in [5, 5.41) is 4.30. The molecule has 27 heavy (non-hydrogen) atoms. The van der Waals surface area contributed by atoms with Crippen LogP contribution in [0, 0.1) is 11.3 Å². The quantitative estimate of drug-likeness (QED) is 0.769. The molecule has 0 N–H and O–H groups in total. The third kappa shape index (κ3) is 4.36. The molecule has 3 fully saturated rings. The fraction of sp³-hybridized carbons (Fsp3) is 0.857. The van der Waals surface area contributed by atoms with E-state index < -0.39 is 0 Å². The maximum Gasteiger partial charge on any atom is 0.222 e. The largest absolute Gasteiger partial charge is 0.342 e. The SMILES string of the molecule is CCn1ncnc1CN1CC[C@@]2(CCCN(C(=O)CCC3CCCC3)C2)C1. The molecule has 1 aromatic heterocycles. The van der Waals surface area contributed by atoms with Gasteiger partial charge in [-0.15, -0.1) is 0 Å². The molecule has 3 aliphatic rings. The lowest BCUT2D eigenvalue weighted by Gasteiger charge is -2.40. The van der Waals surface area contributed by atoms with Gasteiger partial charge >= 0.3 is 0 Å². The average Bonchev–Trinajstić information content (AvgIpc) is 3.42. The highest BCUT2D eigenvalue weighted by atomic mass is 16.2. The van der Waals surface area contributed by atoms with E-state index in [1.165, 1.54) is 38.5 Å². The zero-order valence-electron chi connectivity index (χ0n) is 16.9. The van der Waals surface area contributed by atoms with Crippen molar-refractivity contribution in [3.05, 3.63) is 12.2 Å². The predicted octanol–water partition coefficient (Wildman–Crippen LogP) is 3.08. The Hall–Kier alpha value is -1.43. The van der Waals surface area contributed by atoms with Gasteiger partial charge in [-0.25, -0.2) is 9.67 Å². The minimum absolute atomic E-state index is 0.304. The molecule has 1 amide bonds. The van der Waals surface area contributed by atoms with E-state index in [0.29, 0.717) is 11.3 Å². The Balaban J connectivity index is 1.30. The molecular formula is C21H35N5O. The molecule has 1 spiro atoms. The van der Waals surface area contributed by atoms with Crippen LogP contribution < -0.4 is 0 Å². The molecule has 0 aromatic carbocycles. The van der Waals surface area contributed by atoms with Crippen molar-refractivity contribution < 1.29 is 4.79 Å². The third-order valence-corrected chi connectivity index (χ3v) is 7.13. The number of aryl methyl sites for hydroxylation is 1. The van der Waals surface area contributed by atoms with Crippen molar-refractivity contribution in [1.29, 1.82) is 0 Å². The van der Waals surface area contributed by atoms with Gasteiger partial charge in [0, 0.05) is 38.0 Å². The second-order valence-electron chi connectivity index (χ2n) is 9.06. The number of hydrogen-bond donors (Lipinski definition) is 0. The van der Waals surface area contributed by atoms with E-state index in [1.807, 2.05) is 4.68 Å². The highest BCUT2D eigenvalue weighted by Gasteiger charge is 2.42. The summed E-state index contributed by atoms with van der Waals surface area (Å²) >= 11 is 0. The van der Waals surface area contributed by atoms with E-state index in [0.717, 1.165) is 70.3 Å². The van der Waals surface area contributed by atoms with E-state index in [1.54, 1.807) is 6.33 Å². The molecular weight excluding hydrogens is 338 g/mol. The molecule has 6 nitrogen and oxygen atoms in total. The number of nitrogens with zero attached hydrogens (tertiary/aromatic N) is 5. The van der Waals surface area contributed by atoms with Gasteiger partial charge in [-0.3, -0.25) is 9.69 Å². The molecule has 2 saturated heterocycles. The molecule has 3 heterocycles. The first-order valence-corrected chi connectivity index (χ1v) is 11.0. The molecule has 1 atom stereocenters. The average molecular weight is 374 g/mol. The van der Waals surface area contributed by atoms with Gasteiger partial charge in [-0.1, -0.05) is 25.7 Å². The van der Waals surface area contributed by atoms with E-state index in [4.69, 9.17) is 0 Å². The standard InChI is InChI=1S/C21H35N5O/c1-2-26-19(22-17-23-26)14-24-13-11-21(15-24)10-5-12-25(16-21)20(27)9-8-18-6-3-4-7-18/h17-18H,2-16H2,1H3/t21-/m0/s1. The second-order valence-corrected chi connectivity index (χ2v) is 9.06. The van der Waals surface area contributed by atoms with Crippen molar-refractivity contribution in [2.24, 2.45) is 11.3 Å². The van der Waals surface area contributed by atoms with E-state index in [2.05, 4.69) is 26.8 Å². The van der Waals surface area contributed by atoms with E-state index in [9.17, 15) is 4.79 Å². The minimum atomic E-state index is 0.304. The first kappa shape index (κ1) is 18.9. The van der Waals surface area contributed by atoms with Crippen molar-refractivity contribution >= 4 is 5.91 Å². The third-order valence-electron chi connectivity index (χ3n) is 7.13. The second kappa shape index (κ2) is 8.29. The van der Waals surface area contributed by atoms with Gasteiger partial charge in [0.1, 0.15) is 12.2 Å². The van der Waals surface area contributed by atoms with Gasteiger partial charge in [-0.2, -0.15) is 5.10 Å². The topological polar surface area (TPSA) is 54.3 Å². The Bertz CT molecular complexity index is 638. The first-order chi connectivity index (χ1) is 13.2. The molecule has 6 heteroatoms. The summed E-state index contributed by atoms with van der Waals surface area (Å²) in [6.45, 7) is 8.00. The van der Waals surface area contributed by atoms with Crippen LogP contribution in [0.2, 0.25) is 0 Å². The fourth-order valence-corrected chi connectivity index (χ4v) is 5.58. The zero-order chi connectivity index (χ0) is 18.7. The fourth-order valence-electron chi connectivity index (χ4n) is 5.58. The number of hydrogen-bond acceptors (Lipinski definition) is 4. The van der Waals surface area contributed by atoms with Crippen LogP contribution in [0.25, 0.3) is 0 Å². The van der Waals surface area contributed by atoms with Gasteiger partial charge in [0.15, 0.2) is 0 Å².